The van der Waals surface area contributed by atoms with E-state index in [9.17, 15) is 4.79 Å². The molecule has 5 nitrogen and oxygen atoms in total. The van der Waals surface area contributed by atoms with E-state index in [-0.39, 0.29) is 5.91 Å². The number of ether oxygens (including phenoxy) is 1. The average Bonchev–Trinajstić information content (AvgIpc) is 3.25. The van der Waals surface area contributed by atoms with Crippen LogP contribution in [0.2, 0.25) is 0 Å². The highest BCUT2D eigenvalue weighted by molar-refractivity contribution is 5.95. The molecule has 0 bridgehead atoms. The molecule has 0 spiro atoms. The SMILES string of the molecule is CCN(C[C@@H]1CCOC1)C(=O)c1ccc(-c2ccco2)nc1C. The number of carbonyl (C=O) groups excluding carboxylic acids is 1. The molecule has 0 radical (unpaired) electrons. The van der Waals surface area contributed by atoms with E-state index in [1.165, 1.54) is 0 Å². The molecule has 1 amide bonds. The number of furan rings is 1. The van der Waals surface area contributed by atoms with Gasteiger partial charge >= 0.3 is 0 Å². The first kappa shape index (κ1) is 15.7. The van der Waals surface area contributed by atoms with Gasteiger partial charge in [-0.15, -0.1) is 0 Å². The summed E-state index contributed by atoms with van der Waals surface area (Å²) >= 11 is 0. The Balaban J connectivity index is 1.77. The summed E-state index contributed by atoms with van der Waals surface area (Å²) in [5.74, 6) is 1.19. The highest BCUT2D eigenvalue weighted by Gasteiger charge is 2.23. The van der Waals surface area contributed by atoms with Crippen molar-refractivity contribution in [2.24, 2.45) is 5.92 Å². The van der Waals surface area contributed by atoms with Crippen LogP contribution in [0.3, 0.4) is 0 Å². The van der Waals surface area contributed by atoms with Gasteiger partial charge < -0.3 is 14.1 Å². The van der Waals surface area contributed by atoms with Crippen molar-refractivity contribution in [2.45, 2.75) is 20.3 Å². The Morgan fingerprint density at radius 2 is 2.26 bits per heavy atom. The largest absolute Gasteiger partial charge is 0.463 e. The summed E-state index contributed by atoms with van der Waals surface area (Å²) in [6.45, 7) is 6.86. The van der Waals surface area contributed by atoms with Crippen LogP contribution in [-0.4, -0.2) is 42.1 Å². The first-order valence-corrected chi connectivity index (χ1v) is 8.07. The maximum Gasteiger partial charge on any atom is 0.255 e. The van der Waals surface area contributed by atoms with Crippen LogP contribution in [0.4, 0.5) is 0 Å². The highest BCUT2D eigenvalue weighted by Crippen LogP contribution is 2.21. The molecule has 1 aliphatic heterocycles. The molecule has 0 aliphatic carbocycles. The van der Waals surface area contributed by atoms with E-state index in [1.807, 2.05) is 43.0 Å². The topological polar surface area (TPSA) is 55.6 Å². The molecule has 1 atom stereocenters. The fraction of sp³-hybridized carbons (Fsp3) is 0.444. The third kappa shape index (κ3) is 3.45. The van der Waals surface area contributed by atoms with Crippen molar-refractivity contribution in [3.05, 3.63) is 41.8 Å². The number of nitrogens with zero attached hydrogens (tertiary/aromatic N) is 2. The van der Waals surface area contributed by atoms with Crippen LogP contribution in [0, 0.1) is 12.8 Å². The lowest BCUT2D eigenvalue weighted by Gasteiger charge is -2.24. The van der Waals surface area contributed by atoms with Crippen molar-refractivity contribution in [1.82, 2.24) is 9.88 Å². The van der Waals surface area contributed by atoms with Gasteiger partial charge in [0, 0.05) is 25.6 Å². The second-order valence-electron chi connectivity index (χ2n) is 5.88. The second-order valence-corrected chi connectivity index (χ2v) is 5.88. The molecule has 3 rings (SSSR count). The van der Waals surface area contributed by atoms with Crippen LogP contribution < -0.4 is 0 Å². The van der Waals surface area contributed by atoms with Crippen molar-refractivity contribution < 1.29 is 13.9 Å². The molecule has 3 heterocycles. The summed E-state index contributed by atoms with van der Waals surface area (Å²) in [5.41, 5.74) is 2.13. The van der Waals surface area contributed by atoms with Crippen molar-refractivity contribution in [3.8, 4) is 11.5 Å². The lowest BCUT2D eigenvalue weighted by atomic mass is 10.1. The highest BCUT2D eigenvalue weighted by atomic mass is 16.5. The molecule has 23 heavy (non-hydrogen) atoms. The Kier molecular flexibility index (Phi) is 4.76. The number of hydrogen-bond donors (Lipinski definition) is 0. The first-order chi connectivity index (χ1) is 11.2. The number of aryl methyl sites for hydroxylation is 1. The fourth-order valence-corrected chi connectivity index (χ4v) is 2.91. The van der Waals surface area contributed by atoms with E-state index < -0.39 is 0 Å². The molecule has 1 saturated heterocycles. The zero-order valence-electron chi connectivity index (χ0n) is 13.6. The summed E-state index contributed by atoms with van der Waals surface area (Å²) in [6, 6.07) is 7.37. The van der Waals surface area contributed by atoms with Crippen molar-refractivity contribution in [1.29, 1.82) is 0 Å². The van der Waals surface area contributed by atoms with Crippen molar-refractivity contribution in [2.75, 3.05) is 26.3 Å². The monoisotopic (exact) mass is 314 g/mol. The standard InChI is InChI=1S/C18H22N2O3/c1-3-20(11-14-8-10-22-12-14)18(21)15-6-7-16(19-13(15)2)17-5-4-9-23-17/h4-7,9,14H,3,8,10-12H2,1-2H3/t14-/m0/s1. The van der Waals surface area contributed by atoms with E-state index in [1.54, 1.807) is 6.26 Å². The van der Waals surface area contributed by atoms with Gasteiger partial charge in [-0.25, -0.2) is 4.98 Å². The summed E-state index contributed by atoms with van der Waals surface area (Å²) in [6.07, 6.45) is 2.65. The second kappa shape index (κ2) is 6.96. The molecule has 1 aliphatic rings. The predicted molar refractivity (Wildman–Crippen MR) is 87.2 cm³/mol. The Morgan fingerprint density at radius 3 is 2.87 bits per heavy atom. The molecule has 2 aromatic rings. The molecule has 5 heteroatoms. The zero-order chi connectivity index (χ0) is 16.2. The number of hydrogen-bond acceptors (Lipinski definition) is 4. The summed E-state index contributed by atoms with van der Waals surface area (Å²) < 4.78 is 10.8. The Labute approximate surface area is 136 Å². The third-order valence-corrected chi connectivity index (χ3v) is 4.26. The third-order valence-electron chi connectivity index (χ3n) is 4.26. The van der Waals surface area contributed by atoms with E-state index >= 15 is 0 Å². The molecular weight excluding hydrogens is 292 g/mol. The maximum atomic E-state index is 12.8. The van der Waals surface area contributed by atoms with Gasteiger partial charge in [-0.05, 0) is 44.5 Å². The van der Waals surface area contributed by atoms with E-state index in [4.69, 9.17) is 9.15 Å². The number of amides is 1. The predicted octanol–water partition coefficient (Wildman–Crippen LogP) is 3.15. The fourth-order valence-electron chi connectivity index (χ4n) is 2.91. The van der Waals surface area contributed by atoms with Crippen LogP contribution in [-0.2, 0) is 4.74 Å². The Morgan fingerprint density at radius 1 is 1.39 bits per heavy atom. The van der Waals surface area contributed by atoms with Crippen LogP contribution in [0.15, 0.2) is 34.9 Å². The van der Waals surface area contributed by atoms with Gasteiger partial charge in [0.05, 0.1) is 24.1 Å². The number of aromatic nitrogens is 1. The normalized spacial score (nSPS) is 17.4. The van der Waals surface area contributed by atoms with Crippen LogP contribution >= 0.6 is 0 Å². The summed E-state index contributed by atoms with van der Waals surface area (Å²) in [7, 11) is 0. The average molecular weight is 314 g/mol. The maximum absolute atomic E-state index is 12.8. The quantitative estimate of drug-likeness (QED) is 0.850. The van der Waals surface area contributed by atoms with Gasteiger partial charge in [-0.1, -0.05) is 0 Å². The zero-order valence-corrected chi connectivity index (χ0v) is 13.6. The first-order valence-electron chi connectivity index (χ1n) is 8.07. The minimum atomic E-state index is 0.0374. The minimum Gasteiger partial charge on any atom is -0.463 e. The van der Waals surface area contributed by atoms with Crippen LogP contribution in [0.5, 0.6) is 0 Å². The van der Waals surface area contributed by atoms with Crippen molar-refractivity contribution in [3.63, 3.8) is 0 Å². The van der Waals surface area contributed by atoms with Gasteiger partial charge in [0.1, 0.15) is 5.69 Å². The molecule has 2 aromatic heterocycles. The Bertz CT molecular complexity index is 661. The van der Waals surface area contributed by atoms with Gasteiger partial charge in [0.15, 0.2) is 5.76 Å². The summed E-state index contributed by atoms with van der Waals surface area (Å²) in [5, 5.41) is 0. The lowest BCUT2D eigenvalue weighted by molar-refractivity contribution is 0.0729. The van der Waals surface area contributed by atoms with E-state index in [0.717, 1.165) is 37.6 Å². The van der Waals surface area contributed by atoms with Crippen LogP contribution in [0.1, 0.15) is 29.4 Å². The number of rotatable bonds is 5. The van der Waals surface area contributed by atoms with E-state index in [0.29, 0.717) is 23.8 Å². The molecule has 0 saturated carbocycles. The number of pyridine rings is 1. The van der Waals surface area contributed by atoms with Gasteiger partial charge in [0.25, 0.3) is 5.91 Å². The molecule has 122 valence electrons. The van der Waals surface area contributed by atoms with Gasteiger partial charge in [-0.2, -0.15) is 0 Å². The molecule has 0 aromatic carbocycles. The molecule has 1 fully saturated rings. The van der Waals surface area contributed by atoms with E-state index in [2.05, 4.69) is 4.98 Å². The van der Waals surface area contributed by atoms with Gasteiger partial charge in [-0.3, -0.25) is 4.79 Å². The smallest absolute Gasteiger partial charge is 0.255 e. The lowest BCUT2D eigenvalue weighted by Crippen LogP contribution is -2.36. The van der Waals surface area contributed by atoms with Crippen LogP contribution in [0.25, 0.3) is 11.5 Å². The molecule has 0 unspecified atom stereocenters. The minimum absolute atomic E-state index is 0.0374. The van der Waals surface area contributed by atoms with Gasteiger partial charge in [0.2, 0.25) is 0 Å². The molecular formula is C18H22N2O3. The summed E-state index contributed by atoms with van der Waals surface area (Å²) in [4.78, 5) is 19.2. The molecule has 0 N–H and O–H groups in total. The Hall–Kier alpha value is -2.14. The van der Waals surface area contributed by atoms with Crippen molar-refractivity contribution >= 4 is 5.91 Å². The number of carbonyl (C=O) groups is 1.